The van der Waals surface area contributed by atoms with E-state index in [1.54, 1.807) is 24.0 Å². The quantitative estimate of drug-likeness (QED) is 0.880. The summed E-state index contributed by atoms with van der Waals surface area (Å²) in [4.78, 5) is 28.9. The molecule has 6 nitrogen and oxygen atoms in total. The molecule has 0 aliphatic heterocycles. The summed E-state index contributed by atoms with van der Waals surface area (Å²) in [5.74, 6) is -0.532. The number of hydrogen-bond donors (Lipinski definition) is 1. The van der Waals surface area contributed by atoms with Gasteiger partial charge >= 0.3 is 5.97 Å². The normalized spacial score (nSPS) is 10.4. The van der Waals surface area contributed by atoms with Crippen molar-refractivity contribution in [3.05, 3.63) is 34.2 Å². The van der Waals surface area contributed by atoms with E-state index >= 15 is 0 Å². The van der Waals surface area contributed by atoms with Gasteiger partial charge < -0.3 is 14.6 Å². The summed E-state index contributed by atoms with van der Waals surface area (Å²) < 4.78 is 6.37. The number of carbonyl (C=O) groups is 2. The smallest absolute Gasteiger partial charge is 0.341 e. The Balaban J connectivity index is 2.35. The van der Waals surface area contributed by atoms with Gasteiger partial charge in [-0.1, -0.05) is 0 Å². The number of carbonyl (C=O) groups excluding carboxylic acids is 2. The fourth-order valence-corrected chi connectivity index (χ4v) is 2.85. The molecule has 2 rings (SSSR count). The van der Waals surface area contributed by atoms with Gasteiger partial charge in [-0.25, -0.2) is 9.78 Å². The molecular weight excluding hydrogens is 278 g/mol. The maximum absolute atomic E-state index is 12.1. The van der Waals surface area contributed by atoms with Gasteiger partial charge in [-0.15, -0.1) is 11.3 Å². The first-order valence-electron chi connectivity index (χ1n) is 5.92. The molecule has 0 radical (unpaired) electrons. The third-order valence-corrected chi connectivity index (χ3v) is 4.15. The van der Waals surface area contributed by atoms with E-state index in [-0.39, 0.29) is 11.7 Å². The Morgan fingerprint density at radius 3 is 2.65 bits per heavy atom. The number of methoxy groups -OCH3 is 1. The number of nitrogens with one attached hydrogen (secondary N) is 1. The second-order valence-electron chi connectivity index (χ2n) is 4.29. The summed E-state index contributed by atoms with van der Waals surface area (Å²) >= 11 is 1.35. The Bertz CT molecular complexity index is 672. The molecule has 2 heterocycles. The minimum Gasteiger partial charge on any atom is -0.465 e. The van der Waals surface area contributed by atoms with Crippen molar-refractivity contribution < 1.29 is 14.3 Å². The average molecular weight is 293 g/mol. The first-order valence-corrected chi connectivity index (χ1v) is 6.74. The summed E-state index contributed by atoms with van der Waals surface area (Å²) in [6, 6.07) is 0. The predicted octanol–water partition coefficient (Wildman–Crippen LogP) is 2.14. The first kappa shape index (κ1) is 14.3. The van der Waals surface area contributed by atoms with Crippen molar-refractivity contribution >= 4 is 28.2 Å². The lowest BCUT2D eigenvalue weighted by atomic mass is 10.1. The van der Waals surface area contributed by atoms with Gasteiger partial charge in [-0.05, 0) is 19.4 Å². The molecule has 0 bridgehead atoms. The van der Waals surface area contributed by atoms with Crippen molar-refractivity contribution in [2.75, 3.05) is 12.4 Å². The van der Waals surface area contributed by atoms with E-state index in [4.69, 9.17) is 4.74 Å². The van der Waals surface area contributed by atoms with E-state index in [2.05, 4.69) is 10.3 Å². The zero-order chi connectivity index (χ0) is 14.9. The lowest BCUT2D eigenvalue weighted by molar-refractivity contribution is 0.0601. The second-order valence-corrected chi connectivity index (χ2v) is 5.52. The molecule has 0 aromatic carbocycles. The van der Waals surface area contributed by atoms with Gasteiger partial charge in [0.15, 0.2) is 5.82 Å². The van der Waals surface area contributed by atoms with Crippen molar-refractivity contribution in [2.45, 2.75) is 13.8 Å². The number of anilines is 1. The van der Waals surface area contributed by atoms with Gasteiger partial charge in [0.25, 0.3) is 5.91 Å². The summed E-state index contributed by atoms with van der Waals surface area (Å²) in [6.07, 6.45) is 3.22. The van der Waals surface area contributed by atoms with E-state index in [1.165, 1.54) is 18.4 Å². The molecular formula is C13H15N3O3S. The third kappa shape index (κ3) is 2.44. The molecule has 106 valence electrons. The molecule has 20 heavy (non-hydrogen) atoms. The largest absolute Gasteiger partial charge is 0.465 e. The van der Waals surface area contributed by atoms with Crippen LogP contribution in [0.3, 0.4) is 0 Å². The predicted molar refractivity (Wildman–Crippen MR) is 76.3 cm³/mol. The van der Waals surface area contributed by atoms with Gasteiger partial charge in [-0.2, -0.15) is 0 Å². The number of imidazole rings is 1. The molecule has 0 fully saturated rings. The topological polar surface area (TPSA) is 73.2 Å². The van der Waals surface area contributed by atoms with E-state index in [1.807, 2.05) is 13.8 Å². The Labute approximate surface area is 120 Å². The number of hydrogen-bond acceptors (Lipinski definition) is 5. The Hall–Kier alpha value is -2.15. The zero-order valence-corrected chi connectivity index (χ0v) is 12.5. The van der Waals surface area contributed by atoms with E-state index < -0.39 is 5.97 Å². The van der Waals surface area contributed by atoms with Crippen LogP contribution in [-0.4, -0.2) is 28.5 Å². The Morgan fingerprint density at radius 2 is 2.10 bits per heavy atom. The fraction of sp³-hybridized carbons (Fsp3) is 0.308. The van der Waals surface area contributed by atoms with Crippen LogP contribution in [0, 0.1) is 13.8 Å². The molecule has 7 heteroatoms. The van der Waals surface area contributed by atoms with Crippen molar-refractivity contribution in [3.63, 3.8) is 0 Å². The molecule has 0 aliphatic carbocycles. The van der Waals surface area contributed by atoms with Crippen molar-refractivity contribution in [1.82, 2.24) is 9.55 Å². The van der Waals surface area contributed by atoms with Crippen LogP contribution in [0.1, 0.15) is 31.4 Å². The van der Waals surface area contributed by atoms with Crippen LogP contribution in [-0.2, 0) is 11.8 Å². The van der Waals surface area contributed by atoms with Crippen LogP contribution < -0.4 is 5.32 Å². The zero-order valence-electron chi connectivity index (χ0n) is 11.7. The number of thiophene rings is 1. The number of aryl methyl sites for hydroxylation is 2. The molecule has 0 aliphatic rings. The summed E-state index contributed by atoms with van der Waals surface area (Å²) in [5.41, 5.74) is 1.22. The highest BCUT2D eigenvalue weighted by Gasteiger charge is 2.22. The molecule has 1 N–H and O–H groups in total. The summed E-state index contributed by atoms with van der Waals surface area (Å²) in [6.45, 7) is 3.72. The molecule has 0 atom stereocenters. The standard InChI is InChI=1S/C13H15N3O3S/c1-7-8(2)20-12(9(7)13(18)19-4)15-11(17)10-14-5-6-16(10)3/h5-6H,1-4H3,(H,15,17). The number of amides is 1. The average Bonchev–Trinajstić information content (AvgIpc) is 2.94. The van der Waals surface area contributed by atoms with Crippen molar-refractivity contribution in [3.8, 4) is 0 Å². The number of esters is 1. The van der Waals surface area contributed by atoms with Gasteiger partial charge in [0.1, 0.15) is 5.00 Å². The highest BCUT2D eigenvalue weighted by Crippen LogP contribution is 2.33. The van der Waals surface area contributed by atoms with E-state index in [0.717, 1.165) is 10.4 Å². The van der Waals surface area contributed by atoms with Crippen LogP contribution in [0.15, 0.2) is 12.4 Å². The van der Waals surface area contributed by atoms with Gasteiger partial charge in [0, 0.05) is 24.3 Å². The second kappa shape index (κ2) is 5.46. The Morgan fingerprint density at radius 1 is 1.40 bits per heavy atom. The highest BCUT2D eigenvalue weighted by atomic mass is 32.1. The fourth-order valence-electron chi connectivity index (χ4n) is 1.81. The molecule has 1 amide bonds. The van der Waals surface area contributed by atoms with Gasteiger partial charge in [0.05, 0.1) is 12.7 Å². The monoisotopic (exact) mass is 293 g/mol. The maximum atomic E-state index is 12.1. The van der Waals surface area contributed by atoms with Gasteiger partial charge in [-0.3, -0.25) is 4.79 Å². The van der Waals surface area contributed by atoms with Crippen molar-refractivity contribution in [2.24, 2.45) is 7.05 Å². The minimum absolute atomic E-state index is 0.282. The number of aromatic nitrogens is 2. The van der Waals surface area contributed by atoms with Crippen LogP contribution in [0.2, 0.25) is 0 Å². The SMILES string of the molecule is COC(=O)c1c(NC(=O)c2nccn2C)sc(C)c1C. The van der Waals surface area contributed by atoms with Crippen LogP contribution in [0.5, 0.6) is 0 Å². The van der Waals surface area contributed by atoms with Crippen LogP contribution in [0.4, 0.5) is 5.00 Å². The molecule has 0 unspecified atom stereocenters. The van der Waals surface area contributed by atoms with E-state index in [9.17, 15) is 9.59 Å². The maximum Gasteiger partial charge on any atom is 0.341 e. The van der Waals surface area contributed by atoms with Gasteiger partial charge in [0.2, 0.25) is 0 Å². The summed E-state index contributed by atoms with van der Waals surface area (Å²) in [5, 5.41) is 3.21. The summed E-state index contributed by atoms with van der Waals surface area (Å²) in [7, 11) is 3.05. The number of nitrogens with zero attached hydrogens (tertiary/aromatic N) is 2. The highest BCUT2D eigenvalue weighted by molar-refractivity contribution is 7.16. The molecule has 0 saturated carbocycles. The Kier molecular flexibility index (Phi) is 3.89. The van der Waals surface area contributed by atoms with Crippen LogP contribution in [0.25, 0.3) is 0 Å². The lowest BCUT2D eigenvalue weighted by Gasteiger charge is -2.06. The van der Waals surface area contributed by atoms with E-state index in [0.29, 0.717) is 10.6 Å². The molecule has 2 aromatic rings. The molecule has 2 aromatic heterocycles. The molecule has 0 spiro atoms. The number of rotatable bonds is 3. The third-order valence-electron chi connectivity index (χ3n) is 3.03. The molecule has 0 saturated heterocycles. The minimum atomic E-state index is -0.456. The number of ether oxygens (including phenoxy) is 1. The lowest BCUT2D eigenvalue weighted by Crippen LogP contribution is -2.18. The first-order chi connectivity index (χ1) is 9.45. The van der Waals surface area contributed by atoms with Crippen molar-refractivity contribution in [1.29, 1.82) is 0 Å². The van der Waals surface area contributed by atoms with Crippen LogP contribution >= 0.6 is 11.3 Å².